The lowest BCUT2D eigenvalue weighted by Gasteiger charge is -2.28. The van der Waals surface area contributed by atoms with E-state index in [0.29, 0.717) is 12.0 Å². The Hall–Kier alpha value is -1.71. The van der Waals surface area contributed by atoms with Crippen LogP contribution in [0, 0.1) is 12.8 Å². The van der Waals surface area contributed by atoms with E-state index < -0.39 is 0 Å². The highest BCUT2D eigenvalue weighted by Crippen LogP contribution is 2.34. The Kier molecular flexibility index (Phi) is 3.98. The van der Waals surface area contributed by atoms with E-state index in [9.17, 15) is 0 Å². The third-order valence-corrected chi connectivity index (χ3v) is 3.46. The normalized spacial score (nSPS) is 15.9. The first kappa shape index (κ1) is 13.7. The maximum Gasteiger partial charge on any atom is 0.170 e. The summed E-state index contributed by atoms with van der Waals surface area (Å²) < 4.78 is 0. The van der Waals surface area contributed by atoms with Crippen molar-refractivity contribution in [2.24, 2.45) is 16.8 Å². The van der Waals surface area contributed by atoms with Gasteiger partial charge in [-0.2, -0.15) is 0 Å². The largest absolute Gasteiger partial charge is 0.409 e. The Morgan fingerprint density at radius 2 is 2.16 bits per heavy atom. The van der Waals surface area contributed by atoms with Crippen LogP contribution >= 0.6 is 0 Å². The smallest absolute Gasteiger partial charge is 0.170 e. The molecule has 1 fully saturated rings. The van der Waals surface area contributed by atoms with Crippen molar-refractivity contribution < 1.29 is 5.21 Å². The summed E-state index contributed by atoms with van der Waals surface area (Å²) in [7, 11) is 0. The van der Waals surface area contributed by atoms with Crippen LogP contribution in [-0.4, -0.2) is 23.6 Å². The molecule has 4 heteroatoms. The Balaban J connectivity index is 2.28. The second kappa shape index (κ2) is 5.51. The van der Waals surface area contributed by atoms with Gasteiger partial charge in [0.25, 0.3) is 0 Å². The molecule has 1 aliphatic rings. The molecule has 0 atom stereocenters. The SMILES string of the molecule is Cc1cc(/C(N)=N/O)ccc1N(CC(C)C)C1CC1. The number of amidine groups is 1. The predicted molar refractivity (Wildman–Crippen MR) is 78.9 cm³/mol. The van der Waals surface area contributed by atoms with Crippen molar-refractivity contribution in [3.05, 3.63) is 29.3 Å². The molecule has 0 saturated heterocycles. The van der Waals surface area contributed by atoms with Gasteiger partial charge in [-0.15, -0.1) is 0 Å². The van der Waals surface area contributed by atoms with Gasteiger partial charge in [0.15, 0.2) is 5.84 Å². The minimum atomic E-state index is 0.163. The highest BCUT2D eigenvalue weighted by atomic mass is 16.4. The summed E-state index contributed by atoms with van der Waals surface area (Å²) in [5, 5.41) is 11.8. The summed E-state index contributed by atoms with van der Waals surface area (Å²) in [6.45, 7) is 7.65. The van der Waals surface area contributed by atoms with Gasteiger partial charge < -0.3 is 15.8 Å². The highest BCUT2D eigenvalue weighted by Gasteiger charge is 2.30. The summed E-state index contributed by atoms with van der Waals surface area (Å²) in [5.41, 5.74) is 8.84. The van der Waals surface area contributed by atoms with Crippen molar-refractivity contribution in [3.8, 4) is 0 Å². The molecular weight excluding hydrogens is 238 g/mol. The Bertz CT molecular complexity index is 478. The lowest BCUT2D eigenvalue weighted by molar-refractivity contribution is 0.318. The highest BCUT2D eigenvalue weighted by molar-refractivity contribution is 5.97. The molecule has 1 saturated carbocycles. The number of benzene rings is 1. The molecule has 1 aromatic rings. The molecule has 1 aromatic carbocycles. The number of hydrogen-bond donors (Lipinski definition) is 2. The number of anilines is 1. The van der Waals surface area contributed by atoms with Crippen LogP contribution in [0.3, 0.4) is 0 Å². The molecule has 104 valence electrons. The van der Waals surface area contributed by atoms with E-state index in [0.717, 1.165) is 12.1 Å². The van der Waals surface area contributed by atoms with Gasteiger partial charge in [0, 0.05) is 23.8 Å². The maximum absolute atomic E-state index is 8.73. The standard InChI is InChI=1S/C15H23N3O/c1-10(2)9-18(13-5-6-13)14-7-4-12(8-11(14)3)15(16)17-19/h4,7-8,10,13,19H,5-6,9H2,1-3H3,(H2,16,17). The van der Waals surface area contributed by atoms with Crippen molar-refractivity contribution in [3.63, 3.8) is 0 Å². The fourth-order valence-electron chi connectivity index (χ4n) is 2.42. The molecular formula is C15H23N3O. The molecule has 0 aliphatic heterocycles. The third kappa shape index (κ3) is 3.19. The molecule has 4 nitrogen and oxygen atoms in total. The van der Waals surface area contributed by atoms with Crippen LogP contribution in [0.5, 0.6) is 0 Å². The van der Waals surface area contributed by atoms with Crippen molar-refractivity contribution in [2.75, 3.05) is 11.4 Å². The monoisotopic (exact) mass is 261 g/mol. The molecule has 0 radical (unpaired) electrons. The fourth-order valence-corrected chi connectivity index (χ4v) is 2.42. The topological polar surface area (TPSA) is 61.9 Å². The molecule has 0 bridgehead atoms. The van der Waals surface area contributed by atoms with Crippen LogP contribution in [0.1, 0.15) is 37.8 Å². The number of rotatable bonds is 5. The summed E-state index contributed by atoms with van der Waals surface area (Å²) in [4.78, 5) is 2.50. The first-order chi connectivity index (χ1) is 9.02. The van der Waals surface area contributed by atoms with Gasteiger partial charge in [-0.3, -0.25) is 0 Å². The van der Waals surface area contributed by atoms with Crippen LogP contribution in [0.15, 0.2) is 23.4 Å². The van der Waals surface area contributed by atoms with E-state index in [1.165, 1.54) is 24.1 Å². The molecule has 3 N–H and O–H groups in total. The number of hydrogen-bond acceptors (Lipinski definition) is 3. The first-order valence-corrected chi connectivity index (χ1v) is 6.88. The quantitative estimate of drug-likeness (QED) is 0.371. The zero-order valence-corrected chi connectivity index (χ0v) is 11.9. The van der Waals surface area contributed by atoms with Crippen LogP contribution in [0.4, 0.5) is 5.69 Å². The van der Waals surface area contributed by atoms with Gasteiger partial charge in [-0.25, -0.2) is 0 Å². The number of oxime groups is 1. The molecule has 2 rings (SSSR count). The lowest BCUT2D eigenvalue weighted by Crippen LogP contribution is -2.30. The molecule has 1 aliphatic carbocycles. The van der Waals surface area contributed by atoms with Crippen LogP contribution < -0.4 is 10.6 Å². The summed E-state index contributed by atoms with van der Waals surface area (Å²) in [6.07, 6.45) is 2.57. The van der Waals surface area contributed by atoms with Crippen LogP contribution in [-0.2, 0) is 0 Å². The van der Waals surface area contributed by atoms with Gasteiger partial charge >= 0.3 is 0 Å². The van der Waals surface area contributed by atoms with Crippen LogP contribution in [0.25, 0.3) is 0 Å². The minimum absolute atomic E-state index is 0.163. The Labute approximate surface area is 114 Å². The first-order valence-electron chi connectivity index (χ1n) is 6.88. The van der Waals surface area contributed by atoms with Crippen molar-refractivity contribution in [1.29, 1.82) is 0 Å². The van der Waals surface area contributed by atoms with Crippen LogP contribution in [0.2, 0.25) is 0 Å². The van der Waals surface area contributed by atoms with Crippen molar-refractivity contribution in [1.82, 2.24) is 0 Å². The second-order valence-electron chi connectivity index (χ2n) is 5.76. The maximum atomic E-state index is 8.73. The number of aryl methyl sites for hydroxylation is 1. The molecule has 0 aromatic heterocycles. The van der Waals surface area contributed by atoms with Gasteiger partial charge in [-0.1, -0.05) is 19.0 Å². The minimum Gasteiger partial charge on any atom is -0.409 e. The number of nitrogens with zero attached hydrogens (tertiary/aromatic N) is 2. The van der Waals surface area contributed by atoms with E-state index in [4.69, 9.17) is 10.9 Å². The molecule has 0 amide bonds. The zero-order chi connectivity index (χ0) is 14.0. The predicted octanol–water partition coefficient (Wildman–Crippen LogP) is 2.71. The van der Waals surface area contributed by atoms with E-state index in [1.54, 1.807) is 0 Å². The summed E-state index contributed by atoms with van der Waals surface area (Å²) in [6, 6.07) is 6.69. The van der Waals surface area contributed by atoms with E-state index in [1.807, 2.05) is 12.1 Å². The van der Waals surface area contributed by atoms with E-state index >= 15 is 0 Å². The van der Waals surface area contributed by atoms with Gasteiger partial charge in [0.2, 0.25) is 0 Å². The average molecular weight is 261 g/mol. The molecule has 0 unspecified atom stereocenters. The third-order valence-electron chi connectivity index (χ3n) is 3.46. The Morgan fingerprint density at radius 1 is 1.47 bits per heavy atom. The van der Waals surface area contributed by atoms with Gasteiger partial charge in [0.1, 0.15) is 0 Å². The zero-order valence-electron chi connectivity index (χ0n) is 11.9. The average Bonchev–Trinajstić information content (AvgIpc) is 3.19. The number of nitrogens with two attached hydrogens (primary N) is 1. The summed E-state index contributed by atoms with van der Waals surface area (Å²) in [5.74, 6) is 0.806. The lowest BCUT2D eigenvalue weighted by atomic mass is 10.1. The van der Waals surface area contributed by atoms with E-state index in [2.05, 4.69) is 36.9 Å². The van der Waals surface area contributed by atoms with Gasteiger partial charge in [-0.05, 0) is 49.4 Å². The molecule has 0 spiro atoms. The van der Waals surface area contributed by atoms with Crippen molar-refractivity contribution >= 4 is 11.5 Å². The van der Waals surface area contributed by atoms with Crippen molar-refractivity contribution in [2.45, 2.75) is 39.7 Å². The Morgan fingerprint density at radius 3 is 2.63 bits per heavy atom. The van der Waals surface area contributed by atoms with E-state index in [-0.39, 0.29) is 5.84 Å². The fraction of sp³-hybridized carbons (Fsp3) is 0.533. The van der Waals surface area contributed by atoms with Gasteiger partial charge in [0.05, 0.1) is 0 Å². The molecule has 19 heavy (non-hydrogen) atoms. The second-order valence-corrected chi connectivity index (χ2v) is 5.76. The summed E-state index contributed by atoms with van der Waals surface area (Å²) >= 11 is 0. The molecule has 0 heterocycles.